The molecule has 1 amide bonds. The molecule has 0 heterocycles. The molecule has 8 heteroatoms. The largest absolute Gasteiger partial charge is 0.275 e. The van der Waals surface area contributed by atoms with Crippen LogP contribution < -0.4 is 4.72 Å². The van der Waals surface area contributed by atoms with E-state index in [9.17, 15) is 13.2 Å². The van der Waals surface area contributed by atoms with Crippen LogP contribution in [0.25, 0.3) is 0 Å². The van der Waals surface area contributed by atoms with E-state index >= 15 is 0 Å². The van der Waals surface area contributed by atoms with E-state index in [1.807, 2.05) is 13.2 Å². The number of amides is 1. The molecule has 0 saturated heterocycles. The second-order valence-electron chi connectivity index (χ2n) is 4.79. The first kappa shape index (κ1) is 19.0. The number of aryl methyl sites for hydroxylation is 1. The predicted octanol–water partition coefficient (Wildman–Crippen LogP) is 1.41. The molecule has 0 radical (unpaired) electrons. The highest BCUT2D eigenvalue weighted by atomic mass is 32.2. The molecule has 1 aromatic rings. The molecule has 22 heavy (non-hydrogen) atoms. The van der Waals surface area contributed by atoms with Crippen LogP contribution in [-0.2, 0) is 19.7 Å². The number of hydrogen-bond donors (Lipinski definition) is 1. The molecule has 1 N–H and O–H groups in total. The normalized spacial score (nSPS) is 12.9. The van der Waals surface area contributed by atoms with Crippen LogP contribution in [0.5, 0.6) is 0 Å². The zero-order chi connectivity index (χ0) is 16.8. The summed E-state index contributed by atoms with van der Waals surface area (Å²) in [5, 5.41) is 1.03. The van der Waals surface area contributed by atoms with Crippen molar-refractivity contribution < 1.29 is 18.0 Å². The number of nitrogens with one attached hydrogen (secondary N) is 1. The monoisotopic (exact) mass is 346 g/mol. The first-order chi connectivity index (χ1) is 10.3. The maximum Gasteiger partial charge on any atom is 0.264 e. The van der Waals surface area contributed by atoms with Crippen LogP contribution in [0.15, 0.2) is 29.2 Å². The van der Waals surface area contributed by atoms with Gasteiger partial charge in [-0.3, -0.25) is 9.63 Å². The minimum atomic E-state index is -3.76. The van der Waals surface area contributed by atoms with Gasteiger partial charge in [-0.25, -0.2) is 13.5 Å². The zero-order valence-corrected chi connectivity index (χ0v) is 14.8. The Balaban J connectivity index is 2.96. The number of carbonyl (C=O) groups is 1. The quantitative estimate of drug-likeness (QED) is 0.721. The SMILES string of the molecule is CON(C)C(=O)C(CCSC)NS(=O)(=O)c1ccc(C)cc1. The fourth-order valence-electron chi connectivity index (χ4n) is 1.75. The molecule has 0 aliphatic carbocycles. The van der Waals surface area contributed by atoms with E-state index in [0.717, 1.165) is 10.6 Å². The Labute approximate surface area is 136 Å². The second-order valence-corrected chi connectivity index (χ2v) is 7.49. The van der Waals surface area contributed by atoms with E-state index < -0.39 is 22.0 Å². The van der Waals surface area contributed by atoms with Gasteiger partial charge in [-0.15, -0.1) is 0 Å². The van der Waals surface area contributed by atoms with E-state index in [4.69, 9.17) is 4.84 Å². The molecule has 1 atom stereocenters. The molecule has 124 valence electrons. The van der Waals surface area contributed by atoms with Crippen LogP contribution in [0.3, 0.4) is 0 Å². The van der Waals surface area contributed by atoms with Gasteiger partial charge < -0.3 is 0 Å². The summed E-state index contributed by atoms with van der Waals surface area (Å²) >= 11 is 1.54. The summed E-state index contributed by atoms with van der Waals surface area (Å²) in [6, 6.07) is 5.62. The fourth-order valence-corrected chi connectivity index (χ4v) is 3.45. The van der Waals surface area contributed by atoms with Crippen molar-refractivity contribution in [2.75, 3.05) is 26.2 Å². The summed E-state index contributed by atoms with van der Waals surface area (Å²) in [5.41, 5.74) is 0.966. The van der Waals surface area contributed by atoms with Gasteiger partial charge in [0.2, 0.25) is 10.0 Å². The van der Waals surface area contributed by atoms with E-state index in [-0.39, 0.29) is 4.90 Å². The molecule has 0 spiro atoms. The van der Waals surface area contributed by atoms with Crippen molar-refractivity contribution in [3.05, 3.63) is 29.8 Å². The molecule has 0 saturated carbocycles. The van der Waals surface area contributed by atoms with Crippen LogP contribution in [0.2, 0.25) is 0 Å². The van der Waals surface area contributed by atoms with E-state index in [1.165, 1.54) is 26.3 Å². The molecule has 6 nitrogen and oxygen atoms in total. The van der Waals surface area contributed by atoms with Gasteiger partial charge in [0.15, 0.2) is 0 Å². The van der Waals surface area contributed by atoms with Crippen molar-refractivity contribution >= 4 is 27.7 Å². The average molecular weight is 346 g/mol. The molecular weight excluding hydrogens is 324 g/mol. The highest BCUT2D eigenvalue weighted by Gasteiger charge is 2.27. The Morgan fingerprint density at radius 3 is 2.45 bits per heavy atom. The lowest BCUT2D eigenvalue weighted by atomic mass is 10.2. The number of benzene rings is 1. The third-order valence-electron chi connectivity index (χ3n) is 3.12. The van der Waals surface area contributed by atoms with Gasteiger partial charge in [0.25, 0.3) is 5.91 Å². The smallest absolute Gasteiger partial charge is 0.264 e. The maximum absolute atomic E-state index is 12.4. The standard InChI is InChI=1S/C14H22N2O4S2/c1-11-5-7-12(8-6-11)22(18,19)15-13(9-10-21-4)14(17)16(2)20-3/h5-8,13,15H,9-10H2,1-4H3. The highest BCUT2D eigenvalue weighted by molar-refractivity contribution is 7.98. The van der Waals surface area contributed by atoms with Crippen LogP contribution in [0, 0.1) is 6.92 Å². The van der Waals surface area contributed by atoms with Gasteiger partial charge in [0.05, 0.1) is 12.0 Å². The Bertz CT molecular complexity index is 587. The van der Waals surface area contributed by atoms with Crippen LogP contribution >= 0.6 is 11.8 Å². The Morgan fingerprint density at radius 1 is 1.36 bits per heavy atom. The molecule has 1 unspecified atom stereocenters. The van der Waals surface area contributed by atoms with Crippen molar-refractivity contribution in [2.45, 2.75) is 24.3 Å². The van der Waals surface area contributed by atoms with Crippen molar-refractivity contribution in [1.82, 2.24) is 9.79 Å². The second kappa shape index (κ2) is 8.52. The van der Waals surface area contributed by atoms with E-state index in [2.05, 4.69) is 4.72 Å². The van der Waals surface area contributed by atoms with Crippen molar-refractivity contribution in [3.8, 4) is 0 Å². The maximum atomic E-state index is 12.4. The first-order valence-corrected chi connectivity index (χ1v) is 9.59. The predicted molar refractivity (Wildman–Crippen MR) is 88.1 cm³/mol. The summed E-state index contributed by atoms with van der Waals surface area (Å²) in [5.74, 6) is 0.233. The zero-order valence-electron chi connectivity index (χ0n) is 13.2. The van der Waals surface area contributed by atoms with Crippen molar-refractivity contribution in [1.29, 1.82) is 0 Å². The minimum absolute atomic E-state index is 0.139. The van der Waals surface area contributed by atoms with Gasteiger partial charge in [-0.2, -0.15) is 16.5 Å². The number of rotatable bonds is 8. The molecular formula is C14H22N2O4S2. The lowest BCUT2D eigenvalue weighted by Gasteiger charge is -2.22. The summed E-state index contributed by atoms with van der Waals surface area (Å²) in [6.07, 6.45) is 2.29. The third-order valence-corrected chi connectivity index (χ3v) is 5.25. The topological polar surface area (TPSA) is 75.7 Å². The van der Waals surface area contributed by atoms with Crippen LogP contribution in [-0.4, -0.2) is 51.6 Å². The van der Waals surface area contributed by atoms with Gasteiger partial charge >= 0.3 is 0 Å². The summed E-state index contributed by atoms with van der Waals surface area (Å²) in [6.45, 7) is 1.88. The Hall–Kier alpha value is -1.09. The molecule has 0 aliphatic rings. The number of sulfonamides is 1. The summed E-state index contributed by atoms with van der Waals surface area (Å²) < 4.78 is 27.3. The number of hydroxylamine groups is 2. The average Bonchev–Trinajstić information content (AvgIpc) is 2.50. The van der Waals surface area contributed by atoms with Gasteiger partial charge in [0.1, 0.15) is 6.04 Å². The van der Waals surface area contributed by atoms with E-state index in [0.29, 0.717) is 12.2 Å². The van der Waals surface area contributed by atoms with Crippen molar-refractivity contribution in [3.63, 3.8) is 0 Å². The number of carbonyl (C=O) groups excluding carboxylic acids is 1. The Morgan fingerprint density at radius 2 is 1.95 bits per heavy atom. The number of nitrogens with zero attached hydrogens (tertiary/aromatic N) is 1. The van der Waals surface area contributed by atoms with Gasteiger partial charge in [-0.1, -0.05) is 17.7 Å². The third kappa shape index (κ3) is 5.28. The Kier molecular flexibility index (Phi) is 7.34. The van der Waals surface area contributed by atoms with Gasteiger partial charge in [-0.05, 0) is 37.5 Å². The molecule has 1 aromatic carbocycles. The molecule has 0 aromatic heterocycles. The minimum Gasteiger partial charge on any atom is -0.275 e. The fraction of sp³-hybridized carbons (Fsp3) is 0.500. The first-order valence-electron chi connectivity index (χ1n) is 6.71. The highest BCUT2D eigenvalue weighted by Crippen LogP contribution is 2.13. The molecule has 0 aliphatic heterocycles. The molecule has 0 fully saturated rings. The molecule has 0 bridgehead atoms. The molecule has 1 rings (SSSR count). The lowest BCUT2D eigenvalue weighted by Crippen LogP contribution is -2.47. The summed E-state index contributed by atoms with van der Waals surface area (Å²) in [7, 11) is -0.944. The van der Waals surface area contributed by atoms with Crippen molar-refractivity contribution in [2.24, 2.45) is 0 Å². The number of likely N-dealkylation sites (N-methyl/N-ethyl adjacent to an activating group) is 1. The van der Waals surface area contributed by atoms with Crippen LogP contribution in [0.4, 0.5) is 0 Å². The van der Waals surface area contributed by atoms with Gasteiger partial charge in [0, 0.05) is 7.05 Å². The lowest BCUT2D eigenvalue weighted by molar-refractivity contribution is -0.170. The van der Waals surface area contributed by atoms with Crippen LogP contribution in [0.1, 0.15) is 12.0 Å². The van der Waals surface area contributed by atoms with E-state index in [1.54, 1.807) is 23.9 Å². The number of thioether (sulfide) groups is 1. The summed E-state index contributed by atoms with van der Waals surface area (Å²) in [4.78, 5) is 17.2. The number of hydrogen-bond acceptors (Lipinski definition) is 5.